The Balaban J connectivity index is 1.69. The van der Waals surface area contributed by atoms with Crippen LogP contribution in [0.4, 0.5) is 5.69 Å². The van der Waals surface area contributed by atoms with Crippen LogP contribution in [0.5, 0.6) is 0 Å². The minimum absolute atomic E-state index is 0.248. The Morgan fingerprint density at radius 1 is 1.17 bits per heavy atom. The fourth-order valence-corrected chi connectivity index (χ4v) is 5.20. The molecule has 0 atom stereocenters. The number of aryl methyl sites for hydroxylation is 1. The maximum Gasteiger partial charge on any atom is 0.275 e. The fraction of sp³-hybridized carbons (Fsp3) is 0.478. The summed E-state index contributed by atoms with van der Waals surface area (Å²) in [5.41, 5.74) is 1.89. The molecule has 4 rings (SSSR count). The highest BCUT2D eigenvalue weighted by Gasteiger charge is 2.26. The molecular weight excluding hydrogens is 396 g/mol. The summed E-state index contributed by atoms with van der Waals surface area (Å²) in [6, 6.07) is 3.83. The SMILES string of the molecule is Cc1cncc(C(=O)Nc2cc3sc(C4CCC(C)CC4)nc3cc2C(C)(C)O)n1. The first-order chi connectivity index (χ1) is 14.2. The standard InChI is InChI=1S/C23H28N4O2S/c1-13-5-7-15(8-6-13)22-27-18-9-16(23(3,4)29)17(10-20(18)30-22)26-21(28)19-12-24-11-14(2)25-19/h9-13,15,29H,5-8H2,1-4H3,(H,26,28). The quantitative estimate of drug-likeness (QED) is 0.603. The van der Waals surface area contributed by atoms with Gasteiger partial charge in [0.15, 0.2) is 0 Å². The maximum absolute atomic E-state index is 12.8. The number of amides is 1. The average molecular weight is 425 g/mol. The van der Waals surface area contributed by atoms with Crippen LogP contribution >= 0.6 is 11.3 Å². The molecule has 0 aliphatic heterocycles. The van der Waals surface area contributed by atoms with Gasteiger partial charge in [-0.2, -0.15) is 0 Å². The number of thiazole rings is 1. The van der Waals surface area contributed by atoms with E-state index in [-0.39, 0.29) is 11.6 Å². The average Bonchev–Trinajstić information content (AvgIpc) is 3.10. The molecule has 0 spiro atoms. The molecule has 158 valence electrons. The van der Waals surface area contributed by atoms with Crippen LogP contribution in [-0.4, -0.2) is 26.0 Å². The molecule has 0 bridgehead atoms. The molecule has 2 heterocycles. The molecule has 3 aromatic rings. The summed E-state index contributed by atoms with van der Waals surface area (Å²) >= 11 is 1.69. The first-order valence-corrected chi connectivity index (χ1v) is 11.3. The normalized spacial score (nSPS) is 19.8. The van der Waals surface area contributed by atoms with Crippen LogP contribution in [0.25, 0.3) is 10.2 Å². The monoisotopic (exact) mass is 424 g/mol. The van der Waals surface area contributed by atoms with E-state index in [1.165, 1.54) is 31.9 Å². The van der Waals surface area contributed by atoms with E-state index >= 15 is 0 Å². The summed E-state index contributed by atoms with van der Waals surface area (Å²) in [6.45, 7) is 7.54. The lowest BCUT2D eigenvalue weighted by Gasteiger charge is -2.24. The number of aromatic nitrogens is 3. The van der Waals surface area contributed by atoms with Crippen LogP contribution < -0.4 is 5.32 Å². The molecule has 1 aliphatic rings. The molecule has 30 heavy (non-hydrogen) atoms. The Labute approximate surface area is 180 Å². The van der Waals surface area contributed by atoms with Gasteiger partial charge in [0.05, 0.1) is 32.7 Å². The predicted octanol–water partition coefficient (Wildman–Crippen LogP) is 5.17. The van der Waals surface area contributed by atoms with Crippen molar-refractivity contribution in [1.82, 2.24) is 15.0 Å². The van der Waals surface area contributed by atoms with Gasteiger partial charge >= 0.3 is 0 Å². The van der Waals surface area contributed by atoms with E-state index in [0.29, 0.717) is 22.9 Å². The van der Waals surface area contributed by atoms with Crippen molar-refractivity contribution in [1.29, 1.82) is 0 Å². The largest absolute Gasteiger partial charge is 0.386 e. The van der Waals surface area contributed by atoms with Crippen LogP contribution in [-0.2, 0) is 5.60 Å². The van der Waals surface area contributed by atoms with Gasteiger partial charge in [-0.05, 0) is 51.7 Å². The van der Waals surface area contributed by atoms with Crippen molar-refractivity contribution in [2.24, 2.45) is 5.92 Å². The second-order valence-corrected chi connectivity index (χ2v) is 10.00. The summed E-state index contributed by atoms with van der Waals surface area (Å²) in [4.78, 5) is 26.0. The van der Waals surface area contributed by atoms with E-state index < -0.39 is 5.60 Å². The van der Waals surface area contributed by atoms with Gasteiger partial charge in [-0.15, -0.1) is 11.3 Å². The van der Waals surface area contributed by atoms with Crippen LogP contribution in [0.15, 0.2) is 24.5 Å². The molecule has 6 nitrogen and oxygen atoms in total. The topological polar surface area (TPSA) is 88.0 Å². The van der Waals surface area contributed by atoms with Crippen LogP contribution in [0.1, 0.15) is 79.1 Å². The number of hydrogen-bond acceptors (Lipinski definition) is 6. The van der Waals surface area contributed by atoms with Crippen LogP contribution in [0.2, 0.25) is 0 Å². The van der Waals surface area contributed by atoms with Gasteiger partial charge in [0.2, 0.25) is 0 Å². The van der Waals surface area contributed by atoms with E-state index in [4.69, 9.17) is 4.98 Å². The Morgan fingerprint density at radius 2 is 1.90 bits per heavy atom. The van der Waals surface area contributed by atoms with Crippen molar-refractivity contribution in [2.45, 2.75) is 64.9 Å². The van der Waals surface area contributed by atoms with Gasteiger partial charge in [-0.1, -0.05) is 19.8 Å². The van der Waals surface area contributed by atoms with Crippen molar-refractivity contribution < 1.29 is 9.90 Å². The van der Waals surface area contributed by atoms with Crippen molar-refractivity contribution in [2.75, 3.05) is 5.32 Å². The van der Waals surface area contributed by atoms with Gasteiger partial charge in [0.1, 0.15) is 5.69 Å². The third kappa shape index (κ3) is 4.37. The summed E-state index contributed by atoms with van der Waals surface area (Å²) in [6.07, 6.45) is 7.89. The summed E-state index contributed by atoms with van der Waals surface area (Å²) in [5.74, 6) is 0.954. The van der Waals surface area contributed by atoms with E-state index in [9.17, 15) is 9.90 Å². The molecule has 1 saturated carbocycles. The fourth-order valence-electron chi connectivity index (χ4n) is 4.04. The number of hydrogen-bond donors (Lipinski definition) is 2. The Kier molecular flexibility index (Phi) is 5.59. The second kappa shape index (κ2) is 8.04. The second-order valence-electron chi connectivity index (χ2n) is 8.93. The maximum atomic E-state index is 12.8. The highest BCUT2D eigenvalue weighted by atomic mass is 32.1. The van der Waals surface area contributed by atoms with Crippen molar-refractivity contribution in [3.63, 3.8) is 0 Å². The van der Waals surface area contributed by atoms with Crippen molar-refractivity contribution >= 4 is 33.1 Å². The number of aliphatic hydroxyl groups is 1. The van der Waals surface area contributed by atoms with E-state index in [0.717, 1.165) is 21.1 Å². The van der Waals surface area contributed by atoms with Crippen LogP contribution in [0, 0.1) is 12.8 Å². The molecule has 2 N–H and O–H groups in total. The first kappa shape index (κ1) is 20.9. The third-order valence-electron chi connectivity index (χ3n) is 5.80. The number of anilines is 1. The smallest absolute Gasteiger partial charge is 0.275 e. The number of carbonyl (C=O) groups excluding carboxylic acids is 1. The van der Waals surface area contributed by atoms with Gasteiger partial charge in [0, 0.05) is 23.4 Å². The number of fused-ring (bicyclic) bond motifs is 1. The molecule has 0 radical (unpaired) electrons. The highest BCUT2D eigenvalue weighted by Crippen LogP contribution is 2.41. The van der Waals surface area contributed by atoms with Gasteiger partial charge in [-0.25, -0.2) is 9.97 Å². The minimum atomic E-state index is -1.13. The van der Waals surface area contributed by atoms with Gasteiger partial charge < -0.3 is 10.4 Å². The lowest BCUT2D eigenvalue weighted by molar-refractivity contribution is 0.0794. The molecule has 1 fully saturated rings. The van der Waals surface area contributed by atoms with E-state index in [1.807, 2.05) is 12.1 Å². The van der Waals surface area contributed by atoms with E-state index in [1.54, 1.807) is 38.3 Å². The first-order valence-electron chi connectivity index (χ1n) is 10.5. The molecule has 7 heteroatoms. The van der Waals surface area contributed by atoms with Crippen molar-refractivity contribution in [3.8, 4) is 0 Å². The molecule has 0 unspecified atom stereocenters. The molecule has 0 saturated heterocycles. The van der Waals surface area contributed by atoms with Crippen LogP contribution in [0.3, 0.4) is 0 Å². The number of rotatable bonds is 4. The zero-order valence-electron chi connectivity index (χ0n) is 17.9. The predicted molar refractivity (Wildman–Crippen MR) is 120 cm³/mol. The van der Waals surface area contributed by atoms with Gasteiger partial charge in [0.25, 0.3) is 5.91 Å². The van der Waals surface area contributed by atoms with Crippen molar-refractivity contribution in [3.05, 3.63) is 46.5 Å². The molecule has 2 aromatic heterocycles. The van der Waals surface area contributed by atoms with Gasteiger partial charge in [-0.3, -0.25) is 9.78 Å². The Hall–Kier alpha value is -2.38. The molecule has 1 aromatic carbocycles. The summed E-state index contributed by atoms with van der Waals surface area (Å²) in [5, 5.41) is 14.8. The number of benzene rings is 1. The lowest BCUT2D eigenvalue weighted by atomic mass is 9.83. The molecular formula is C23H28N4O2S. The summed E-state index contributed by atoms with van der Waals surface area (Å²) < 4.78 is 1.02. The number of nitrogens with one attached hydrogen (secondary N) is 1. The molecule has 1 amide bonds. The Morgan fingerprint density at radius 3 is 2.57 bits per heavy atom. The number of carbonyl (C=O) groups is 1. The minimum Gasteiger partial charge on any atom is -0.386 e. The lowest BCUT2D eigenvalue weighted by Crippen LogP contribution is -2.21. The molecule has 1 aliphatic carbocycles. The highest BCUT2D eigenvalue weighted by molar-refractivity contribution is 7.18. The summed E-state index contributed by atoms with van der Waals surface area (Å²) in [7, 11) is 0. The Bertz CT molecular complexity index is 1080. The number of nitrogens with zero attached hydrogens (tertiary/aromatic N) is 3. The van der Waals surface area contributed by atoms with E-state index in [2.05, 4.69) is 22.2 Å². The zero-order valence-corrected chi connectivity index (χ0v) is 18.7. The third-order valence-corrected chi connectivity index (χ3v) is 6.98. The zero-order chi connectivity index (χ0) is 21.5.